The largest absolute Gasteiger partial charge is 0.380 e. The van der Waals surface area contributed by atoms with Crippen LogP contribution in [-0.2, 0) is 11.3 Å². The van der Waals surface area contributed by atoms with E-state index >= 15 is 0 Å². The molecule has 0 aliphatic carbocycles. The summed E-state index contributed by atoms with van der Waals surface area (Å²) in [5.74, 6) is 0. The quantitative estimate of drug-likeness (QED) is 0.839. The zero-order chi connectivity index (χ0) is 11.5. The fourth-order valence-electron chi connectivity index (χ4n) is 1.39. The highest BCUT2D eigenvalue weighted by molar-refractivity contribution is 6.30. The maximum atomic E-state index is 5.87. The van der Waals surface area contributed by atoms with Crippen molar-refractivity contribution < 1.29 is 9.26 Å². The van der Waals surface area contributed by atoms with Gasteiger partial charge in [-0.2, -0.15) is 0 Å². The number of halogens is 2. The van der Waals surface area contributed by atoms with Crippen molar-refractivity contribution in [3.8, 4) is 11.3 Å². The van der Waals surface area contributed by atoms with Crippen LogP contribution in [0.5, 0.6) is 0 Å². The van der Waals surface area contributed by atoms with E-state index in [-0.39, 0.29) is 5.22 Å². The minimum Gasteiger partial charge on any atom is -0.380 e. The third-order valence-corrected chi connectivity index (χ3v) is 2.70. The van der Waals surface area contributed by atoms with E-state index in [0.29, 0.717) is 17.3 Å². The second-order valence-electron chi connectivity index (χ2n) is 3.22. The molecule has 0 aliphatic rings. The first kappa shape index (κ1) is 11.5. The van der Waals surface area contributed by atoms with Crippen molar-refractivity contribution in [3.05, 3.63) is 40.1 Å². The van der Waals surface area contributed by atoms with Crippen molar-refractivity contribution in [3.63, 3.8) is 0 Å². The van der Waals surface area contributed by atoms with Gasteiger partial charge in [-0.25, -0.2) is 0 Å². The van der Waals surface area contributed by atoms with Gasteiger partial charge in [0.15, 0.2) is 0 Å². The van der Waals surface area contributed by atoms with Gasteiger partial charge in [-0.15, -0.1) is 0 Å². The van der Waals surface area contributed by atoms with Crippen LogP contribution in [0.4, 0.5) is 0 Å². The van der Waals surface area contributed by atoms with Crippen molar-refractivity contribution in [1.29, 1.82) is 0 Å². The van der Waals surface area contributed by atoms with Gasteiger partial charge in [-0.1, -0.05) is 28.9 Å². The molecule has 0 saturated carbocycles. The first-order valence-electron chi connectivity index (χ1n) is 4.61. The first-order valence-corrected chi connectivity index (χ1v) is 5.37. The smallest absolute Gasteiger partial charge is 0.232 e. The molecule has 0 aliphatic heterocycles. The van der Waals surface area contributed by atoms with E-state index in [1.54, 1.807) is 19.2 Å². The van der Waals surface area contributed by atoms with Crippen molar-refractivity contribution in [2.75, 3.05) is 7.11 Å². The van der Waals surface area contributed by atoms with E-state index in [9.17, 15) is 0 Å². The van der Waals surface area contributed by atoms with Crippen molar-refractivity contribution in [2.45, 2.75) is 6.61 Å². The van der Waals surface area contributed by atoms with Crippen LogP contribution in [0, 0.1) is 0 Å². The lowest BCUT2D eigenvalue weighted by Gasteiger charge is -2.00. The summed E-state index contributed by atoms with van der Waals surface area (Å²) in [5, 5.41) is 4.83. The van der Waals surface area contributed by atoms with E-state index in [2.05, 4.69) is 5.16 Å². The molecule has 0 unspecified atom stereocenters. The fourth-order valence-corrected chi connectivity index (χ4v) is 1.70. The summed E-state index contributed by atoms with van der Waals surface area (Å²) in [7, 11) is 1.59. The Kier molecular flexibility index (Phi) is 3.49. The van der Waals surface area contributed by atoms with Gasteiger partial charge in [0.05, 0.1) is 12.2 Å². The summed E-state index contributed by atoms with van der Waals surface area (Å²) in [4.78, 5) is 0. The number of methoxy groups -OCH3 is 1. The molecule has 0 saturated heterocycles. The van der Waals surface area contributed by atoms with E-state index in [0.717, 1.165) is 11.1 Å². The Balaban J connectivity index is 2.43. The van der Waals surface area contributed by atoms with E-state index in [1.807, 2.05) is 12.1 Å². The average molecular weight is 258 g/mol. The average Bonchev–Trinajstić information content (AvgIpc) is 2.63. The van der Waals surface area contributed by atoms with Crippen molar-refractivity contribution in [1.82, 2.24) is 5.16 Å². The van der Waals surface area contributed by atoms with Gasteiger partial charge in [-0.3, -0.25) is 0 Å². The van der Waals surface area contributed by atoms with Gasteiger partial charge in [0.25, 0.3) is 0 Å². The van der Waals surface area contributed by atoms with Gasteiger partial charge >= 0.3 is 0 Å². The molecule has 0 bridgehead atoms. The predicted octanol–water partition coefficient (Wildman–Crippen LogP) is 3.79. The van der Waals surface area contributed by atoms with Crippen LogP contribution in [0.2, 0.25) is 10.2 Å². The lowest BCUT2D eigenvalue weighted by Crippen LogP contribution is -1.89. The maximum Gasteiger partial charge on any atom is 0.232 e. The van der Waals surface area contributed by atoms with Crippen LogP contribution in [0.25, 0.3) is 11.3 Å². The number of aromatic nitrogens is 1. The van der Waals surface area contributed by atoms with Crippen LogP contribution in [0.15, 0.2) is 28.8 Å². The minimum absolute atomic E-state index is 0.256. The van der Waals surface area contributed by atoms with Gasteiger partial charge in [0.1, 0.15) is 5.69 Å². The molecule has 0 N–H and O–H groups in total. The summed E-state index contributed by atoms with van der Waals surface area (Å²) < 4.78 is 9.98. The van der Waals surface area contributed by atoms with E-state index in [1.165, 1.54) is 0 Å². The van der Waals surface area contributed by atoms with Crippen LogP contribution >= 0.6 is 23.2 Å². The molecule has 2 rings (SSSR count). The molecule has 1 heterocycles. The molecule has 3 nitrogen and oxygen atoms in total. The zero-order valence-electron chi connectivity index (χ0n) is 8.54. The number of hydrogen-bond donors (Lipinski definition) is 0. The van der Waals surface area contributed by atoms with Crippen LogP contribution in [-0.4, -0.2) is 12.3 Å². The molecule has 0 spiro atoms. The van der Waals surface area contributed by atoms with E-state index in [4.69, 9.17) is 32.5 Å². The highest BCUT2D eigenvalue weighted by Crippen LogP contribution is 2.29. The fraction of sp³-hybridized carbons (Fsp3) is 0.182. The highest BCUT2D eigenvalue weighted by Gasteiger charge is 2.15. The summed E-state index contributed by atoms with van der Waals surface area (Å²) in [6, 6.07) is 7.29. The van der Waals surface area contributed by atoms with Crippen LogP contribution in [0.3, 0.4) is 0 Å². The summed E-state index contributed by atoms with van der Waals surface area (Å²) in [6.07, 6.45) is 0. The molecular weight excluding hydrogens is 249 g/mol. The lowest BCUT2D eigenvalue weighted by atomic mass is 10.1. The Morgan fingerprint density at radius 2 is 1.94 bits per heavy atom. The third kappa shape index (κ3) is 2.21. The Morgan fingerprint density at radius 1 is 1.25 bits per heavy atom. The lowest BCUT2D eigenvalue weighted by molar-refractivity contribution is 0.184. The molecule has 0 amide bonds. The topological polar surface area (TPSA) is 35.3 Å². The number of ether oxygens (including phenoxy) is 1. The second kappa shape index (κ2) is 4.87. The highest BCUT2D eigenvalue weighted by atomic mass is 35.5. The summed E-state index contributed by atoms with van der Waals surface area (Å²) in [5.41, 5.74) is 2.32. The van der Waals surface area contributed by atoms with Crippen molar-refractivity contribution in [2.24, 2.45) is 0 Å². The normalized spacial score (nSPS) is 10.7. The molecule has 0 radical (unpaired) electrons. The number of benzene rings is 1. The second-order valence-corrected chi connectivity index (χ2v) is 4.00. The molecule has 1 aromatic heterocycles. The summed E-state index contributed by atoms with van der Waals surface area (Å²) in [6.45, 7) is 0.361. The maximum absolute atomic E-state index is 5.87. The molecule has 1 aromatic carbocycles. The molecule has 16 heavy (non-hydrogen) atoms. The number of nitrogens with zero attached hydrogens (tertiary/aromatic N) is 1. The zero-order valence-corrected chi connectivity index (χ0v) is 10.0. The van der Waals surface area contributed by atoms with Gasteiger partial charge in [0, 0.05) is 17.7 Å². The third-order valence-electron chi connectivity index (χ3n) is 2.15. The first-order chi connectivity index (χ1) is 7.72. The molecule has 0 atom stereocenters. The number of hydrogen-bond acceptors (Lipinski definition) is 3. The Labute approximate surface area is 103 Å². The SMILES string of the molecule is COCc1c(-c2ccc(Cl)cc2)noc1Cl. The molecular formula is C11H9Cl2NO2. The van der Waals surface area contributed by atoms with Crippen molar-refractivity contribution >= 4 is 23.2 Å². The molecule has 2 aromatic rings. The standard InChI is InChI=1S/C11H9Cl2NO2/c1-15-6-9-10(14-16-11(9)13)7-2-4-8(12)5-3-7/h2-5H,6H2,1H3. The van der Waals surface area contributed by atoms with Gasteiger partial charge in [0.2, 0.25) is 5.22 Å². The van der Waals surface area contributed by atoms with E-state index < -0.39 is 0 Å². The summed E-state index contributed by atoms with van der Waals surface area (Å²) >= 11 is 11.7. The van der Waals surface area contributed by atoms with Crippen LogP contribution < -0.4 is 0 Å². The Morgan fingerprint density at radius 3 is 2.56 bits per heavy atom. The minimum atomic E-state index is 0.256. The molecule has 84 valence electrons. The number of rotatable bonds is 3. The monoisotopic (exact) mass is 257 g/mol. The predicted molar refractivity (Wildman–Crippen MR) is 62.7 cm³/mol. The molecule has 5 heteroatoms. The Hall–Kier alpha value is -1.03. The van der Waals surface area contributed by atoms with Crippen LogP contribution in [0.1, 0.15) is 5.56 Å². The Bertz CT molecular complexity index is 479. The van der Waals surface area contributed by atoms with Gasteiger partial charge < -0.3 is 9.26 Å². The van der Waals surface area contributed by atoms with Gasteiger partial charge in [-0.05, 0) is 23.7 Å². The molecule has 0 fully saturated rings.